The van der Waals surface area contributed by atoms with Crippen LogP contribution < -0.4 is 20.1 Å². The van der Waals surface area contributed by atoms with Crippen molar-refractivity contribution < 1.29 is 14.4 Å². The molecule has 2 N–H and O–H groups in total. The van der Waals surface area contributed by atoms with Gasteiger partial charge in [0, 0.05) is 31.8 Å². The molecule has 0 aliphatic carbocycles. The number of aryl methyl sites for hydroxylation is 1. The number of halogens is 2. The van der Waals surface area contributed by atoms with Gasteiger partial charge < -0.3 is 20.1 Å². The minimum Gasteiger partial charge on any atom is -0.493 e. The Morgan fingerprint density at radius 1 is 1.00 bits per heavy atom. The highest BCUT2D eigenvalue weighted by Gasteiger charge is 2.09. The van der Waals surface area contributed by atoms with Gasteiger partial charge >= 0.3 is 0 Å². The first-order valence-electron chi connectivity index (χ1n) is 10.2. The van der Waals surface area contributed by atoms with Gasteiger partial charge in [-0.15, -0.1) is 12.4 Å². The van der Waals surface area contributed by atoms with E-state index >= 15 is 0 Å². The minimum absolute atomic E-state index is 0. The smallest absolute Gasteiger partial charge is 0.271 e. The number of ether oxygens (including phenoxy) is 2. The van der Waals surface area contributed by atoms with Crippen LogP contribution >= 0.6 is 24.0 Å². The average Bonchev–Trinajstić information content (AvgIpc) is 2.78. The van der Waals surface area contributed by atoms with E-state index in [0.717, 1.165) is 11.1 Å². The summed E-state index contributed by atoms with van der Waals surface area (Å²) in [5, 5.41) is 17.6. The normalized spacial score (nSPS) is 10.3. The summed E-state index contributed by atoms with van der Waals surface area (Å²) in [6, 6.07) is 18.5. The molecule has 0 radical (unpaired) electrons. The Kier molecular flexibility index (Phi) is 10.3. The number of non-ortho nitro benzene ring substituents is 1. The van der Waals surface area contributed by atoms with Gasteiger partial charge in [0.2, 0.25) is 0 Å². The van der Waals surface area contributed by atoms with Crippen molar-refractivity contribution >= 4 is 35.4 Å². The van der Waals surface area contributed by atoms with Crippen LogP contribution in [0.15, 0.2) is 60.7 Å². The monoisotopic (exact) mass is 491 g/mol. The summed E-state index contributed by atoms with van der Waals surface area (Å²) in [6.07, 6.45) is 0. The van der Waals surface area contributed by atoms with Gasteiger partial charge in [0.25, 0.3) is 5.69 Å². The molecule has 9 heteroatoms. The lowest BCUT2D eigenvalue weighted by Gasteiger charge is -2.13. The molecular weight excluding hydrogens is 465 g/mol. The zero-order chi connectivity index (χ0) is 22.9. The third-order valence-corrected chi connectivity index (χ3v) is 5.13. The standard InChI is InChI=1S/C24H26ClN3O4.ClH/c1-17-4-3-5-19(12-17)16-32-23-9-6-18(13-24(23)31-2)15-26-10-11-27-22-8-7-20(28(29)30)14-21(22)25;/h3-9,12-14,26-27H,10-11,15-16H2,1-2H3;1H. The Morgan fingerprint density at radius 2 is 1.82 bits per heavy atom. The molecule has 33 heavy (non-hydrogen) atoms. The molecule has 0 aliphatic rings. The molecule has 3 aromatic carbocycles. The first-order chi connectivity index (χ1) is 15.5. The summed E-state index contributed by atoms with van der Waals surface area (Å²) in [5.41, 5.74) is 4.01. The molecule has 3 aromatic rings. The summed E-state index contributed by atoms with van der Waals surface area (Å²) in [4.78, 5) is 10.3. The summed E-state index contributed by atoms with van der Waals surface area (Å²) in [5.74, 6) is 1.39. The molecule has 0 heterocycles. The van der Waals surface area contributed by atoms with Crippen molar-refractivity contribution in [2.24, 2.45) is 0 Å². The maximum atomic E-state index is 10.8. The van der Waals surface area contributed by atoms with Crippen LogP contribution in [-0.2, 0) is 13.2 Å². The number of nitrogens with one attached hydrogen (secondary N) is 2. The molecule has 0 aliphatic heterocycles. The van der Waals surface area contributed by atoms with Crippen molar-refractivity contribution in [3.8, 4) is 11.5 Å². The van der Waals surface area contributed by atoms with E-state index in [-0.39, 0.29) is 18.1 Å². The third kappa shape index (κ3) is 7.82. The summed E-state index contributed by atoms with van der Waals surface area (Å²) in [7, 11) is 1.63. The predicted molar refractivity (Wildman–Crippen MR) is 134 cm³/mol. The molecule has 176 valence electrons. The lowest BCUT2D eigenvalue weighted by molar-refractivity contribution is -0.384. The van der Waals surface area contributed by atoms with Gasteiger partial charge in [-0.25, -0.2) is 0 Å². The highest BCUT2D eigenvalue weighted by molar-refractivity contribution is 6.33. The van der Waals surface area contributed by atoms with E-state index in [4.69, 9.17) is 21.1 Å². The number of hydrogen-bond donors (Lipinski definition) is 2. The highest BCUT2D eigenvalue weighted by atomic mass is 35.5. The number of rotatable bonds is 11. The van der Waals surface area contributed by atoms with Crippen LogP contribution in [0.2, 0.25) is 5.02 Å². The number of benzene rings is 3. The molecule has 7 nitrogen and oxygen atoms in total. The summed E-state index contributed by atoms with van der Waals surface area (Å²) in [6.45, 7) is 4.49. The van der Waals surface area contributed by atoms with Crippen molar-refractivity contribution in [2.75, 3.05) is 25.5 Å². The number of anilines is 1. The first-order valence-corrected chi connectivity index (χ1v) is 10.6. The second-order valence-electron chi connectivity index (χ2n) is 7.29. The molecule has 0 spiro atoms. The molecule has 0 atom stereocenters. The Labute approximate surface area is 204 Å². The molecular formula is C24H27Cl2N3O4. The maximum Gasteiger partial charge on any atom is 0.271 e. The zero-order valence-electron chi connectivity index (χ0n) is 18.5. The van der Waals surface area contributed by atoms with Crippen molar-refractivity contribution in [2.45, 2.75) is 20.1 Å². The van der Waals surface area contributed by atoms with E-state index in [2.05, 4.69) is 29.7 Å². The van der Waals surface area contributed by atoms with Gasteiger partial charge in [0.05, 0.1) is 22.7 Å². The van der Waals surface area contributed by atoms with Gasteiger partial charge in [-0.05, 0) is 36.2 Å². The minimum atomic E-state index is -0.468. The molecule has 0 unspecified atom stereocenters. The van der Waals surface area contributed by atoms with Gasteiger partial charge in [-0.1, -0.05) is 47.5 Å². The zero-order valence-corrected chi connectivity index (χ0v) is 20.0. The van der Waals surface area contributed by atoms with Crippen LogP contribution in [0.3, 0.4) is 0 Å². The average molecular weight is 492 g/mol. The quantitative estimate of drug-likeness (QED) is 0.201. The lowest BCUT2D eigenvalue weighted by Crippen LogP contribution is -2.21. The van der Waals surface area contributed by atoms with Gasteiger partial charge in [0.1, 0.15) is 6.61 Å². The number of methoxy groups -OCH3 is 1. The van der Waals surface area contributed by atoms with Crippen molar-refractivity contribution in [3.63, 3.8) is 0 Å². The van der Waals surface area contributed by atoms with Gasteiger partial charge in [-0.2, -0.15) is 0 Å². The van der Waals surface area contributed by atoms with E-state index in [1.165, 1.54) is 17.7 Å². The Morgan fingerprint density at radius 3 is 2.52 bits per heavy atom. The van der Waals surface area contributed by atoms with Crippen LogP contribution in [0.1, 0.15) is 16.7 Å². The van der Waals surface area contributed by atoms with Crippen molar-refractivity contribution in [1.82, 2.24) is 5.32 Å². The van der Waals surface area contributed by atoms with Crippen LogP contribution in [0, 0.1) is 17.0 Å². The number of nitrogens with zero attached hydrogens (tertiary/aromatic N) is 1. The number of nitro benzene ring substituents is 1. The Balaban J connectivity index is 0.00000385. The molecule has 0 bridgehead atoms. The SMILES string of the molecule is COc1cc(CNCCNc2ccc([N+](=O)[O-])cc2Cl)ccc1OCc1cccc(C)c1.Cl. The van der Waals surface area contributed by atoms with Crippen molar-refractivity contribution in [3.05, 3.63) is 92.5 Å². The highest BCUT2D eigenvalue weighted by Crippen LogP contribution is 2.29. The fraction of sp³-hybridized carbons (Fsp3) is 0.250. The van der Waals surface area contributed by atoms with E-state index in [1.807, 2.05) is 30.3 Å². The number of nitro groups is 1. The Bertz CT molecular complexity index is 1080. The van der Waals surface area contributed by atoms with Crippen LogP contribution in [0.25, 0.3) is 0 Å². The maximum absolute atomic E-state index is 10.8. The lowest BCUT2D eigenvalue weighted by atomic mass is 10.1. The molecule has 0 saturated heterocycles. The topological polar surface area (TPSA) is 85.7 Å². The van der Waals surface area contributed by atoms with E-state index < -0.39 is 4.92 Å². The van der Waals surface area contributed by atoms with E-state index in [9.17, 15) is 10.1 Å². The van der Waals surface area contributed by atoms with Crippen LogP contribution in [0.4, 0.5) is 11.4 Å². The predicted octanol–water partition coefficient (Wildman–Crippen LogP) is 5.77. The van der Waals surface area contributed by atoms with E-state index in [1.54, 1.807) is 13.2 Å². The molecule has 0 aromatic heterocycles. The second kappa shape index (κ2) is 12.9. The van der Waals surface area contributed by atoms with Gasteiger partial charge in [0.15, 0.2) is 11.5 Å². The fourth-order valence-electron chi connectivity index (χ4n) is 3.18. The van der Waals surface area contributed by atoms with Gasteiger partial charge in [-0.3, -0.25) is 10.1 Å². The molecule has 0 fully saturated rings. The first kappa shape index (κ1) is 26.3. The second-order valence-corrected chi connectivity index (χ2v) is 7.69. The molecule has 0 saturated carbocycles. The molecule has 3 rings (SSSR count). The molecule has 0 amide bonds. The largest absolute Gasteiger partial charge is 0.493 e. The fourth-order valence-corrected chi connectivity index (χ4v) is 3.43. The Hall–Kier alpha value is -3.00. The van der Waals surface area contributed by atoms with Crippen molar-refractivity contribution in [1.29, 1.82) is 0 Å². The summed E-state index contributed by atoms with van der Waals surface area (Å²) >= 11 is 6.09. The number of hydrogen-bond acceptors (Lipinski definition) is 6. The summed E-state index contributed by atoms with van der Waals surface area (Å²) < 4.78 is 11.4. The van der Waals surface area contributed by atoms with E-state index in [0.29, 0.717) is 48.5 Å². The van der Waals surface area contributed by atoms with Crippen LogP contribution in [-0.4, -0.2) is 25.1 Å². The van der Waals surface area contributed by atoms with Crippen LogP contribution in [0.5, 0.6) is 11.5 Å². The third-order valence-electron chi connectivity index (χ3n) is 4.81.